The van der Waals surface area contributed by atoms with Gasteiger partial charge in [0.2, 0.25) is 0 Å². The minimum absolute atomic E-state index is 0.0341. The molecule has 1 aromatic carbocycles. The highest BCUT2D eigenvalue weighted by Gasteiger charge is 2.33. The highest BCUT2D eigenvalue weighted by Crippen LogP contribution is 2.41. The molecule has 2 rings (SSSR count). The molecule has 18 heavy (non-hydrogen) atoms. The van der Waals surface area contributed by atoms with Crippen molar-refractivity contribution in [3.05, 3.63) is 16.9 Å². The summed E-state index contributed by atoms with van der Waals surface area (Å²) in [4.78, 5) is 2.05. The van der Waals surface area contributed by atoms with Crippen molar-refractivity contribution in [2.75, 3.05) is 16.4 Å². The molecule has 1 aliphatic rings. The molecule has 2 unspecified atom stereocenters. The van der Waals surface area contributed by atoms with E-state index in [1.54, 1.807) is 6.07 Å². The Kier molecular flexibility index (Phi) is 3.57. The summed E-state index contributed by atoms with van der Waals surface area (Å²) in [6.07, 6.45) is 3.06. The third kappa shape index (κ3) is 1.99. The Hall–Kier alpha value is -1.16. The third-order valence-electron chi connectivity index (χ3n) is 3.75. The number of nitrogen functional groups attached to an aromatic ring is 2. The van der Waals surface area contributed by atoms with E-state index in [4.69, 9.17) is 23.1 Å². The number of hydrogen-bond donors (Lipinski definition) is 2. The van der Waals surface area contributed by atoms with Crippen LogP contribution < -0.4 is 16.4 Å². The van der Waals surface area contributed by atoms with Gasteiger partial charge in [-0.1, -0.05) is 18.5 Å². The SMILES string of the molecule is CCC1CCC(C)N1c1c(N)cc(N)c(Cl)c1F. The average Bonchev–Trinajstić information content (AvgIpc) is 2.68. The van der Waals surface area contributed by atoms with E-state index >= 15 is 0 Å². The van der Waals surface area contributed by atoms with Gasteiger partial charge in [-0.05, 0) is 32.3 Å². The number of nitrogens with zero attached hydrogens (tertiary/aromatic N) is 1. The number of rotatable bonds is 2. The molecule has 1 aliphatic heterocycles. The topological polar surface area (TPSA) is 55.3 Å². The fraction of sp³-hybridized carbons (Fsp3) is 0.538. The number of benzene rings is 1. The van der Waals surface area contributed by atoms with Crippen LogP contribution >= 0.6 is 11.6 Å². The molecule has 2 atom stereocenters. The predicted molar refractivity (Wildman–Crippen MR) is 75.5 cm³/mol. The summed E-state index contributed by atoms with van der Waals surface area (Å²) < 4.78 is 14.3. The number of nitrogens with two attached hydrogens (primary N) is 2. The Morgan fingerprint density at radius 2 is 2.06 bits per heavy atom. The molecule has 1 fully saturated rings. The van der Waals surface area contributed by atoms with Gasteiger partial charge in [0, 0.05) is 12.1 Å². The van der Waals surface area contributed by atoms with Crippen LogP contribution in [0.4, 0.5) is 21.5 Å². The Bertz CT molecular complexity index is 464. The second-order valence-corrected chi connectivity index (χ2v) is 5.31. The zero-order valence-electron chi connectivity index (χ0n) is 10.7. The first-order valence-corrected chi connectivity index (χ1v) is 6.66. The molecule has 1 saturated heterocycles. The average molecular weight is 272 g/mol. The van der Waals surface area contributed by atoms with Crippen molar-refractivity contribution in [1.29, 1.82) is 0 Å². The van der Waals surface area contributed by atoms with Gasteiger partial charge >= 0.3 is 0 Å². The van der Waals surface area contributed by atoms with Crippen LogP contribution in [0.25, 0.3) is 0 Å². The molecular formula is C13H19ClFN3. The minimum atomic E-state index is -0.499. The van der Waals surface area contributed by atoms with Crippen LogP contribution in [0.15, 0.2) is 6.07 Å². The molecule has 0 spiro atoms. The van der Waals surface area contributed by atoms with E-state index in [1.807, 2.05) is 0 Å². The summed E-state index contributed by atoms with van der Waals surface area (Å²) in [5, 5.41) is -0.0341. The van der Waals surface area contributed by atoms with Crippen LogP contribution in [0.2, 0.25) is 5.02 Å². The first kappa shape index (κ1) is 13.3. The van der Waals surface area contributed by atoms with Gasteiger partial charge in [0.05, 0.1) is 17.1 Å². The molecule has 0 aliphatic carbocycles. The van der Waals surface area contributed by atoms with Crippen LogP contribution in [0.1, 0.15) is 33.1 Å². The standard InChI is InChI=1S/C13H19ClFN3/c1-3-8-5-4-7(2)18(8)13-10(17)6-9(16)11(14)12(13)15/h6-8H,3-5,16-17H2,1-2H3. The molecule has 100 valence electrons. The smallest absolute Gasteiger partial charge is 0.169 e. The van der Waals surface area contributed by atoms with E-state index in [0.29, 0.717) is 17.4 Å². The van der Waals surface area contributed by atoms with Crippen LogP contribution in [-0.2, 0) is 0 Å². The van der Waals surface area contributed by atoms with Crippen molar-refractivity contribution in [2.24, 2.45) is 0 Å². The molecule has 3 nitrogen and oxygen atoms in total. The Morgan fingerprint density at radius 1 is 1.39 bits per heavy atom. The maximum absolute atomic E-state index is 14.3. The van der Waals surface area contributed by atoms with Gasteiger partial charge in [-0.3, -0.25) is 0 Å². The summed E-state index contributed by atoms with van der Waals surface area (Å²) in [6.45, 7) is 4.18. The lowest BCUT2D eigenvalue weighted by atomic mass is 10.1. The zero-order valence-corrected chi connectivity index (χ0v) is 11.5. The highest BCUT2D eigenvalue weighted by molar-refractivity contribution is 6.33. The van der Waals surface area contributed by atoms with Crippen molar-refractivity contribution in [1.82, 2.24) is 0 Å². The Morgan fingerprint density at radius 3 is 2.67 bits per heavy atom. The molecule has 1 heterocycles. The highest BCUT2D eigenvalue weighted by atomic mass is 35.5. The number of halogens is 2. The van der Waals surface area contributed by atoms with Crippen molar-refractivity contribution >= 4 is 28.7 Å². The predicted octanol–water partition coefficient (Wildman–Crippen LogP) is 3.41. The second-order valence-electron chi connectivity index (χ2n) is 4.93. The summed E-state index contributed by atoms with van der Waals surface area (Å²) >= 11 is 5.89. The Balaban J connectivity index is 2.53. The van der Waals surface area contributed by atoms with E-state index in [1.165, 1.54) is 0 Å². The van der Waals surface area contributed by atoms with Crippen molar-refractivity contribution in [3.8, 4) is 0 Å². The molecule has 1 aromatic rings. The number of anilines is 3. The molecule has 0 aromatic heterocycles. The van der Waals surface area contributed by atoms with E-state index < -0.39 is 5.82 Å². The molecule has 0 radical (unpaired) electrons. The number of hydrogen-bond acceptors (Lipinski definition) is 3. The van der Waals surface area contributed by atoms with Gasteiger partial charge < -0.3 is 16.4 Å². The van der Waals surface area contributed by atoms with Gasteiger partial charge in [-0.2, -0.15) is 0 Å². The fourth-order valence-corrected chi connectivity index (χ4v) is 2.94. The quantitative estimate of drug-likeness (QED) is 0.811. The van der Waals surface area contributed by atoms with Gasteiger partial charge in [0.25, 0.3) is 0 Å². The second kappa shape index (κ2) is 4.84. The van der Waals surface area contributed by atoms with Crippen LogP contribution in [0.3, 0.4) is 0 Å². The summed E-state index contributed by atoms with van der Waals surface area (Å²) in [5.74, 6) is -0.499. The maximum atomic E-state index is 14.3. The minimum Gasteiger partial charge on any atom is -0.397 e. The largest absolute Gasteiger partial charge is 0.397 e. The van der Waals surface area contributed by atoms with E-state index in [0.717, 1.165) is 19.3 Å². The zero-order chi connectivity index (χ0) is 13.4. The lowest BCUT2D eigenvalue weighted by Crippen LogP contribution is -2.35. The molecule has 0 bridgehead atoms. The van der Waals surface area contributed by atoms with Gasteiger partial charge in [-0.15, -0.1) is 0 Å². The van der Waals surface area contributed by atoms with Gasteiger partial charge in [0.1, 0.15) is 5.02 Å². The van der Waals surface area contributed by atoms with Crippen molar-refractivity contribution in [3.63, 3.8) is 0 Å². The fourth-order valence-electron chi connectivity index (χ4n) is 2.79. The van der Waals surface area contributed by atoms with Crippen LogP contribution in [-0.4, -0.2) is 12.1 Å². The molecule has 0 saturated carbocycles. The van der Waals surface area contributed by atoms with Crippen LogP contribution in [0.5, 0.6) is 0 Å². The first-order chi connectivity index (χ1) is 8.47. The van der Waals surface area contributed by atoms with Crippen LogP contribution in [0, 0.1) is 5.82 Å². The lowest BCUT2D eigenvalue weighted by Gasteiger charge is -2.32. The van der Waals surface area contributed by atoms with E-state index in [2.05, 4.69) is 18.7 Å². The maximum Gasteiger partial charge on any atom is 0.169 e. The van der Waals surface area contributed by atoms with Gasteiger partial charge in [0.15, 0.2) is 5.82 Å². The molecule has 0 amide bonds. The molecular weight excluding hydrogens is 253 g/mol. The summed E-state index contributed by atoms with van der Waals surface area (Å²) in [5.41, 5.74) is 12.5. The third-order valence-corrected chi connectivity index (χ3v) is 4.14. The monoisotopic (exact) mass is 271 g/mol. The van der Waals surface area contributed by atoms with E-state index in [9.17, 15) is 4.39 Å². The Labute approximate surface area is 112 Å². The van der Waals surface area contributed by atoms with E-state index in [-0.39, 0.29) is 16.8 Å². The van der Waals surface area contributed by atoms with Crippen molar-refractivity contribution < 1.29 is 4.39 Å². The summed E-state index contributed by atoms with van der Waals surface area (Å²) in [7, 11) is 0. The lowest BCUT2D eigenvalue weighted by molar-refractivity contribution is 0.584. The molecule has 5 heteroatoms. The first-order valence-electron chi connectivity index (χ1n) is 6.28. The van der Waals surface area contributed by atoms with Gasteiger partial charge in [-0.25, -0.2) is 4.39 Å². The van der Waals surface area contributed by atoms with Crippen molar-refractivity contribution in [2.45, 2.75) is 45.2 Å². The summed E-state index contributed by atoms with van der Waals surface area (Å²) in [6, 6.07) is 2.13. The molecule has 4 N–H and O–H groups in total. The normalized spacial score (nSPS) is 23.7.